The van der Waals surface area contributed by atoms with Crippen molar-refractivity contribution in [3.05, 3.63) is 71.3 Å². The van der Waals surface area contributed by atoms with Crippen molar-refractivity contribution < 1.29 is 9.59 Å². The van der Waals surface area contributed by atoms with Gasteiger partial charge >= 0.3 is 0 Å². The van der Waals surface area contributed by atoms with Gasteiger partial charge in [-0.3, -0.25) is 19.4 Å². The molecule has 2 aliphatic rings. The van der Waals surface area contributed by atoms with Gasteiger partial charge in [-0.2, -0.15) is 0 Å². The van der Waals surface area contributed by atoms with Crippen LogP contribution < -0.4 is 5.32 Å². The van der Waals surface area contributed by atoms with Crippen LogP contribution in [0.1, 0.15) is 60.5 Å². The average Bonchev–Trinajstić information content (AvgIpc) is 3.26. The predicted octanol–water partition coefficient (Wildman–Crippen LogP) is 4.27. The molecule has 0 spiro atoms. The monoisotopic (exact) mass is 447 g/mol. The summed E-state index contributed by atoms with van der Waals surface area (Å²) in [5.74, 6) is 0.967. The van der Waals surface area contributed by atoms with Crippen LogP contribution in [0.2, 0.25) is 0 Å². The van der Waals surface area contributed by atoms with Crippen LogP contribution in [0, 0.1) is 5.92 Å². The summed E-state index contributed by atoms with van der Waals surface area (Å²) in [6.45, 7) is 7.60. The molecule has 1 atom stereocenters. The molecule has 1 N–H and O–H groups in total. The molecule has 0 bridgehead atoms. The Bertz CT molecular complexity index is 922. The Morgan fingerprint density at radius 3 is 2.33 bits per heavy atom. The third-order valence-electron chi connectivity index (χ3n) is 7.11. The molecular formula is C28H37N3O2. The van der Waals surface area contributed by atoms with Gasteiger partial charge in [-0.1, -0.05) is 48.5 Å². The van der Waals surface area contributed by atoms with Crippen molar-refractivity contribution in [1.29, 1.82) is 0 Å². The van der Waals surface area contributed by atoms with Crippen LogP contribution in [0.5, 0.6) is 0 Å². The van der Waals surface area contributed by atoms with Gasteiger partial charge in [0.2, 0.25) is 5.91 Å². The van der Waals surface area contributed by atoms with Gasteiger partial charge in [-0.15, -0.1) is 0 Å². The first-order chi connectivity index (χ1) is 16.0. The Morgan fingerprint density at radius 2 is 1.58 bits per heavy atom. The quantitative estimate of drug-likeness (QED) is 0.583. The highest BCUT2D eigenvalue weighted by atomic mass is 16.1. The molecule has 2 aromatic carbocycles. The van der Waals surface area contributed by atoms with Gasteiger partial charge in [0.25, 0.3) is 0 Å². The number of Topliss-reactive ketones (excluding diaryl/α,β-unsaturated/α-hetero) is 1. The summed E-state index contributed by atoms with van der Waals surface area (Å²) in [5.41, 5.74) is 3.33. The molecule has 0 saturated carbocycles. The Kier molecular flexibility index (Phi) is 8.30. The second-order valence-corrected chi connectivity index (χ2v) is 9.79. The summed E-state index contributed by atoms with van der Waals surface area (Å²) >= 11 is 0. The largest absolute Gasteiger partial charge is 0.352 e. The van der Waals surface area contributed by atoms with Crippen LogP contribution in [0.25, 0.3) is 0 Å². The summed E-state index contributed by atoms with van der Waals surface area (Å²) in [6, 6.07) is 18.8. The van der Waals surface area contributed by atoms with E-state index in [-0.39, 0.29) is 17.7 Å². The molecule has 4 rings (SSSR count). The van der Waals surface area contributed by atoms with E-state index in [0.29, 0.717) is 12.3 Å². The van der Waals surface area contributed by atoms with E-state index in [1.54, 1.807) is 6.92 Å². The first-order valence-corrected chi connectivity index (χ1v) is 12.4. The number of piperidine rings is 1. The lowest BCUT2D eigenvalue weighted by atomic mass is 9.91. The second-order valence-electron chi connectivity index (χ2n) is 9.79. The summed E-state index contributed by atoms with van der Waals surface area (Å²) in [7, 11) is 0. The second kappa shape index (κ2) is 11.6. The van der Waals surface area contributed by atoms with Crippen LogP contribution in [0.15, 0.2) is 54.6 Å². The smallest absolute Gasteiger partial charge is 0.220 e. The number of likely N-dealkylation sites (tertiary alicyclic amines) is 2. The molecule has 0 aliphatic carbocycles. The fraction of sp³-hybridized carbons (Fsp3) is 0.500. The number of amides is 1. The maximum absolute atomic E-state index is 12.5. The third-order valence-corrected chi connectivity index (χ3v) is 7.11. The predicted molar refractivity (Wildman–Crippen MR) is 132 cm³/mol. The Morgan fingerprint density at radius 1 is 0.879 bits per heavy atom. The van der Waals surface area contributed by atoms with Crippen molar-refractivity contribution >= 4 is 11.7 Å². The number of hydrogen-bond acceptors (Lipinski definition) is 4. The zero-order valence-corrected chi connectivity index (χ0v) is 19.8. The maximum Gasteiger partial charge on any atom is 0.220 e. The van der Waals surface area contributed by atoms with Gasteiger partial charge in [0.1, 0.15) is 0 Å². The van der Waals surface area contributed by atoms with Crippen LogP contribution in [0.4, 0.5) is 0 Å². The molecule has 2 aromatic rings. The minimum absolute atomic E-state index is 0.121. The third kappa shape index (κ3) is 7.24. The highest BCUT2D eigenvalue weighted by molar-refractivity contribution is 5.94. The standard InChI is InChI=1S/C28H37N3O2/c1-22(32)26-9-5-8-25(18-26)20-30-15-12-23(13-16-30)10-11-28(33)29-27-14-17-31(21-27)19-24-6-3-2-4-7-24/h2-9,18,23,27H,10-17,19-21H2,1H3,(H,29,33)/t27-/m1/s1. The Labute approximate surface area is 198 Å². The molecular weight excluding hydrogens is 410 g/mol. The van der Waals surface area contributed by atoms with Crippen LogP contribution in [0.3, 0.4) is 0 Å². The van der Waals surface area contributed by atoms with E-state index in [1.807, 2.05) is 18.2 Å². The van der Waals surface area contributed by atoms with Crippen molar-refractivity contribution in [2.75, 3.05) is 26.2 Å². The van der Waals surface area contributed by atoms with Crippen molar-refractivity contribution in [1.82, 2.24) is 15.1 Å². The molecule has 176 valence electrons. The molecule has 0 aromatic heterocycles. The van der Waals surface area contributed by atoms with Crippen LogP contribution in [-0.4, -0.2) is 53.7 Å². The number of carbonyl (C=O) groups excluding carboxylic acids is 2. The Hall–Kier alpha value is -2.50. The summed E-state index contributed by atoms with van der Waals surface area (Å²) < 4.78 is 0. The number of carbonyl (C=O) groups is 2. The zero-order valence-electron chi connectivity index (χ0n) is 19.8. The lowest BCUT2D eigenvalue weighted by Gasteiger charge is -2.32. The zero-order chi connectivity index (χ0) is 23.0. The van der Waals surface area contributed by atoms with Gasteiger partial charge < -0.3 is 5.32 Å². The molecule has 1 amide bonds. The van der Waals surface area contributed by atoms with Crippen molar-refractivity contribution in [3.8, 4) is 0 Å². The van der Waals surface area contributed by atoms with E-state index in [2.05, 4.69) is 51.5 Å². The highest BCUT2D eigenvalue weighted by Crippen LogP contribution is 2.23. The molecule has 2 heterocycles. The lowest BCUT2D eigenvalue weighted by molar-refractivity contribution is -0.122. The molecule has 0 radical (unpaired) electrons. The Balaban J connectivity index is 1.12. The van der Waals surface area contributed by atoms with E-state index in [4.69, 9.17) is 0 Å². The molecule has 2 fully saturated rings. The topological polar surface area (TPSA) is 52.7 Å². The van der Waals surface area contributed by atoms with Crippen molar-refractivity contribution in [2.45, 2.75) is 58.2 Å². The summed E-state index contributed by atoms with van der Waals surface area (Å²) in [5, 5.41) is 3.27. The molecule has 0 unspecified atom stereocenters. The first-order valence-electron chi connectivity index (χ1n) is 12.4. The SMILES string of the molecule is CC(=O)c1cccc(CN2CCC(CCC(=O)N[C@@H]3CCN(Cc4ccccc4)C3)CC2)c1. The maximum atomic E-state index is 12.5. The fourth-order valence-electron chi connectivity index (χ4n) is 5.15. The average molecular weight is 448 g/mol. The number of rotatable bonds is 9. The fourth-order valence-corrected chi connectivity index (χ4v) is 5.15. The lowest BCUT2D eigenvalue weighted by Crippen LogP contribution is -2.37. The minimum atomic E-state index is 0.121. The van der Waals surface area contributed by atoms with E-state index in [9.17, 15) is 9.59 Å². The first kappa shape index (κ1) is 23.7. The molecule has 2 saturated heterocycles. The summed E-state index contributed by atoms with van der Waals surface area (Å²) in [4.78, 5) is 29.0. The van der Waals surface area contributed by atoms with E-state index in [0.717, 1.165) is 70.5 Å². The number of hydrogen-bond donors (Lipinski definition) is 1. The molecule has 33 heavy (non-hydrogen) atoms. The molecule has 2 aliphatic heterocycles. The number of nitrogens with zero attached hydrogens (tertiary/aromatic N) is 2. The highest BCUT2D eigenvalue weighted by Gasteiger charge is 2.25. The van der Waals surface area contributed by atoms with Gasteiger partial charge in [0.05, 0.1) is 0 Å². The van der Waals surface area contributed by atoms with Crippen LogP contribution >= 0.6 is 0 Å². The molecule has 5 heteroatoms. The number of benzene rings is 2. The van der Waals surface area contributed by atoms with Gasteiger partial charge in [0, 0.05) is 44.2 Å². The van der Waals surface area contributed by atoms with Crippen molar-refractivity contribution in [2.24, 2.45) is 5.92 Å². The van der Waals surface area contributed by atoms with E-state index in [1.165, 1.54) is 11.1 Å². The van der Waals surface area contributed by atoms with Gasteiger partial charge in [0.15, 0.2) is 5.78 Å². The summed E-state index contributed by atoms with van der Waals surface area (Å²) in [6.07, 6.45) is 4.96. The van der Waals surface area contributed by atoms with Crippen LogP contribution in [-0.2, 0) is 17.9 Å². The van der Waals surface area contributed by atoms with Gasteiger partial charge in [-0.05, 0) is 68.8 Å². The number of nitrogens with one attached hydrogen (secondary N) is 1. The van der Waals surface area contributed by atoms with E-state index < -0.39 is 0 Å². The van der Waals surface area contributed by atoms with Gasteiger partial charge in [-0.25, -0.2) is 0 Å². The van der Waals surface area contributed by atoms with Crippen molar-refractivity contribution in [3.63, 3.8) is 0 Å². The normalized spacial score (nSPS) is 20.1. The molecule has 5 nitrogen and oxygen atoms in total. The van der Waals surface area contributed by atoms with E-state index >= 15 is 0 Å². The minimum Gasteiger partial charge on any atom is -0.352 e. The number of ketones is 1.